The lowest BCUT2D eigenvalue weighted by Gasteiger charge is -2.28. The summed E-state index contributed by atoms with van der Waals surface area (Å²) in [5.41, 5.74) is 1.19. The number of halogens is 1. The van der Waals surface area contributed by atoms with Gasteiger partial charge >= 0.3 is 5.97 Å². The Labute approximate surface area is 235 Å². The van der Waals surface area contributed by atoms with E-state index in [1.54, 1.807) is 4.90 Å². The Bertz CT molecular complexity index is 1370. The monoisotopic (exact) mass is 569 g/mol. The van der Waals surface area contributed by atoms with Gasteiger partial charge < -0.3 is 19.3 Å². The average Bonchev–Trinajstić information content (AvgIpc) is 3.02. The van der Waals surface area contributed by atoms with Crippen LogP contribution < -0.4 is 9.64 Å². The summed E-state index contributed by atoms with van der Waals surface area (Å²) < 4.78 is 11.5. The summed E-state index contributed by atoms with van der Waals surface area (Å²) >= 11 is 7.65. The number of anilines is 1. The summed E-state index contributed by atoms with van der Waals surface area (Å²) in [6.07, 6.45) is -1.21. The number of nitro groups is 1. The van der Waals surface area contributed by atoms with E-state index in [2.05, 4.69) is 0 Å². The number of carbonyl (C=O) groups is 2. The maximum atomic E-state index is 14.1. The number of thioether (sulfide) groups is 1. The van der Waals surface area contributed by atoms with Gasteiger partial charge in [-0.05, 0) is 56.9 Å². The van der Waals surface area contributed by atoms with Crippen LogP contribution in [0.25, 0.3) is 0 Å². The van der Waals surface area contributed by atoms with Crippen molar-refractivity contribution in [2.75, 3.05) is 38.7 Å². The second-order valence-corrected chi connectivity index (χ2v) is 10.6. The normalized spacial score (nSPS) is 16.9. The van der Waals surface area contributed by atoms with E-state index in [-0.39, 0.29) is 22.2 Å². The van der Waals surface area contributed by atoms with Gasteiger partial charge in [-0.25, -0.2) is 4.79 Å². The molecule has 9 nitrogen and oxygen atoms in total. The molecule has 3 aromatic rings. The van der Waals surface area contributed by atoms with Gasteiger partial charge in [0.25, 0.3) is 11.6 Å². The van der Waals surface area contributed by atoms with Crippen molar-refractivity contribution < 1.29 is 24.0 Å². The number of ether oxygens (including phenoxy) is 2. The fourth-order valence-corrected chi connectivity index (χ4v) is 5.72. The van der Waals surface area contributed by atoms with E-state index in [4.69, 9.17) is 21.1 Å². The van der Waals surface area contributed by atoms with E-state index in [0.29, 0.717) is 25.4 Å². The summed E-state index contributed by atoms with van der Waals surface area (Å²) in [4.78, 5) is 42.5. The summed E-state index contributed by atoms with van der Waals surface area (Å²) in [5.74, 6) is -0.534. The number of fused-ring (bicyclic) bond motifs is 1. The lowest BCUT2D eigenvalue weighted by molar-refractivity contribution is -0.384. The van der Waals surface area contributed by atoms with Gasteiger partial charge in [0.1, 0.15) is 5.75 Å². The first-order chi connectivity index (χ1) is 18.7. The van der Waals surface area contributed by atoms with Crippen molar-refractivity contribution in [3.8, 4) is 5.75 Å². The highest BCUT2D eigenvalue weighted by atomic mass is 35.5. The van der Waals surface area contributed by atoms with E-state index in [1.165, 1.54) is 23.9 Å². The number of non-ortho nitro benzene ring substituents is 1. The van der Waals surface area contributed by atoms with E-state index in [9.17, 15) is 19.7 Å². The first-order valence-electron chi connectivity index (χ1n) is 12.3. The van der Waals surface area contributed by atoms with Crippen molar-refractivity contribution in [3.63, 3.8) is 0 Å². The molecule has 0 aromatic heterocycles. The highest BCUT2D eigenvalue weighted by Gasteiger charge is 2.41. The van der Waals surface area contributed by atoms with Crippen molar-refractivity contribution in [3.05, 3.63) is 93.0 Å². The number of nitrogens with zero attached hydrogens (tertiary/aromatic N) is 3. The molecule has 4 rings (SSSR count). The molecule has 0 fully saturated rings. The largest absolute Gasteiger partial charge is 0.494 e. The third kappa shape index (κ3) is 6.52. The smallest absolute Gasteiger partial charge is 0.340 e. The number of amides is 1. The summed E-state index contributed by atoms with van der Waals surface area (Å²) in [6, 6.07) is 18.4. The Kier molecular flexibility index (Phi) is 9.11. The second-order valence-electron chi connectivity index (χ2n) is 9.05. The minimum atomic E-state index is -1.21. The maximum absolute atomic E-state index is 14.1. The van der Waals surface area contributed by atoms with Crippen molar-refractivity contribution in [2.45, 2.75) is 23.2 Å². The molecule has 2 unspecified atom stereocenters. The van der Waals surface area contributed by atoms with Crippen LogP contribution in [0.5, 0.6) is 5.75 Å². The molecular formula is C28H28ClN3O6S. The van der Waals surface area contributed by atoms with Crippen LogP contribution in [0.3, 0.4) is 0 Å². The van der Waals surface area contributed by atoms with E-state index in [0.717, 1.165) is 22.2 Å². The molecule has 3 aromatic carbocycles. The molecule has 39 heavy (non-hydrogen) atoms. The van der Waals surface area contributed by atoms with Gasteiger partial charge in [0, 0.05) is 30.1 Å². The number of nitro benzene ring substituents is 1. The number of hydrogen-bond acceptors (Lipinski definition) is 8. The Morgan fingerprint density at radius 2 is 1.85 bits per heavy atom. The highest BCUT2D eigenvalue weighted by Crippen LogP contribution is 2.47. The lowest BCUT2D eigenvalue weighted by Crippen LogP contribution is -2.45. The predicted molar refractivity (Wildman–Crippen MR) is 151 cm³/mol. The first-order valence-corrected chi connectivity index (χ1v) is 13.5. The fraction of sp³-hybridized carbons (Fsp3) is 0.286. The van der Waals surface area contributed by atoms with Gasteiger partial charge in [0.2, 0.25) is 0 Å². The van der Waals surface area contributed by atoms with Crippen molar-refractivity contribution in [1.82, 2.24) is 4.90 Å². The van der Waals surface area contributed by atoms with Gasteiger partial charge in [0.15, 0.2) is 6.10 Å². The molecule has 0 radical (unpaired) electrons. The fourth-order valence-electron chi connectivity index (χ4n) is 4.15. The minimum Gasteiger partial charge on any atom is -0.494 e. The SMILES string of the molecule is CCOc1ccc(C2Sc3ccccc3N(CCN(C)C)C(=O)C2OC(=O)c2ccc([N+](=O)[O-])cc2Cl)cc1. The summed E-state index contributed by atoms with van der Waals surface area (Å²) in [7, 11) is 3.83. The van der Waals surface area contributed by atoms with Crippen LogP contribution in [0, 0.1) is 10.1 Å². The number of para-hydroxylation sites is 1. The Morgan fingerprint density at radius 1 is 1.13 bits per heavy atom. The first kappa shape index (κ1) is 28.4. The van der Waals surface area contributed by atoms with E-state index < -0.39 is 22.2 Å². The molecule has 0 saturated carbocycles. The minimum absolute atomic E-state index is 0.0629. The molecule has 0 saturated heterocycles. The molecule has 1 aliphatic rings. The lowest BCUT2D eigenvalue weighted by atomic mass is 10.0. The van der Waals surface area contributed by atoms with Crippen LogP contribution >= 0.6 is 23.4 Å². The van der Waals surface area contributed by atoms with Crippen LogP contribution in [0.2, 0.25) is 5.02 Å². The average molecular weight is 570 g/mol. The number of hydrogen-bond donors (Lipinski definition) is 0. The highest BCUT2D eigenvalue weighted by molar-refractivity contribution is 7.99. The Balaban J connectivity index is 1.76. The molecule has 0 N–H and O–H groups in total. The van der Waals surface area contributed by atoms with Crippen LogP contribution in [-0.2, 0) is 9.53 Å². The Morgan fingerprint density at radius 3 is 2.49 bits per heavy atom. The van der Waals surface area contributed by atoms with Crippen LogP contribution in [0.15, 0.2) is 71.6 Å². The topological polar surface area (TPSA) is 102 Å². The molecule has 1 amide bonds. The van der Waals surface area contributed by atoms with Crippen LogP contribution in [0.1, 0.15) is 28.1 Å². The molecule has 1 aliphatic heterocycles. The molecule has 0 spiro atoms. The molecule has 2 atom stereocenters. The number of likely N-dealkylation sites (N-methyl/N-ethyl adjacent to an activating group) is 1. The number of benzene rings is 3. The molecule has 11 heteroatoms. The quantitative estimate of drug-likeness (QED) is 0.186. The molecule has 1 heterocycles. The summed E-state index contributed by atoms with van der Waals surface area (Å²) in [5, 5.41) is 10.4. The maximum Gasteiger partial charge on any atom is 0.340 e. The number of esters is 1. The predicted octanol–water partition coefficient (Wildman–Crippen LogP) is 5.61. The van der Waals surface area contributed by atoms with Crippen molar-refractivity contribution in [2.24, 2.45) is 0 Å². The van der Waals surface area contributed by atoms with E-state index >= 15 is 0 Å². The van der Waals surface area contributed by atoms with Gasteiger partial charge in [-0.15, -0.1) is 11.8 Å². The van der Waals surface area contributed by atoms with E-state index in [1.807, 2.05) is 74.4 Å². The summed E-state index contributed by atoms with van der Waals surface area (Å²) in [6.45, 7) is 3.38. The number of rotatable bonds is 9. The van der Waals surface area contributed by atoms with Gasteiger partial charge in [-0.3, -0.25) is 14.9 Å². The molecule has 204 valence electrons. The number of carbonyl (C=O) groups excluding carboxylic acids is 2. The standard InChI is InChI=1S/C28H28ClN3O6S/c1-4-37-20-12-9-18(10-13-20)26-25(38-28(34)21-14-11-19(32(35)36)17-22(21)29)27(33)31(16-15-30(2)3)23-7-5-6-8-24(23)39-26/h5-14,17,25-26H,4,15-16H2,1-3H3. The zero-order valence-corrected chi connectivity index (χ0v) is 23.3. The third-order valence-electron chi connectivity index (χ3n) is 6.10. The third-order valence-corrected chi connectivity index (χ3v) is 7.79. The van der Waals surface area contributed by atoms with Gasteiger partial charge in [-0.1, -0.05) is 35.9 Å². The molecule has 0 bridgehead atoms. The molecule has 0 aliphatic carbocycles. The van der Waals surface area contributed by atoms with Gasteiger partial charge in [-0.2, -0.15) is 0 Å². The van der Waals surface area contributed by atoms with Crippen molar-refractivity contribution in [1.29, 1.82) is 0 Å². The zero-order chi connectivity index (χ0) is 28.1. The van der Waals surface area contributed by atoms with Gasteiger partial charge in [0.05, 0.1) is 33.1 Å². The Hall–Kier alpha value is -3.60. The van der Waals surface area contributed by atoms with Crippen LogP contribution in [-0.4, -0.2) is 61.6 Å². The van der Waals surface area contributed by atoms with Crippen molar-refractivity contribution >= 4 is 46.6 Å². The molecular weight excluding hydrogens is 542 g/mol. The van der Waals surface area contributed by atoms with Crippen LogP contribution in [0.4, 0.5) is 11.4 Å². The zero-order valence-electron chi connectivity index (χ0n) is 21.7. The second kappa shape index (κ2) is 12.5.